The van der Waals surface area contributed by atoms with Gasteiger partial charge in [0.25, 0.3) is 0 Å². The van der Waals surface area contributed by atoms with Crippen molar-refractivity contribution >= 4 is 0 Å². The lowest BCUT2D eigenvalue weighted by atomic mass is 9.67. The Morgan fingerprint density at radius 2 is 2.05 bits per heavy atom. The molecule has 2 nitrogen and oxygen atoms in total. The number of rotatable bonds is 5. The van der Waals surface area contributed by atoms with E-state index < -0.39 is 0 Å². The van der Waals surface area contributed by atoms with Gasteiger partial charge in [0.2, 0.25) is 0 Å². The first-order chi connectivity index (χ1) is 9.54. The lowest BCUT2D eigenvalue weighted by Gasteiger charge is -2.41. The Hall–Kier alpha value is -1.02. The Labute approximate surface area is 122 Å². The Bertz CT molecular complexity index is 483. The molecule has 1 heterocycles. The third kappa shape index (κ3) is 2.58. The van der Waals surface area contributed by atoms with Gasteiger partial charge in [0.15, 0.2) is 0 Å². The zero-order valence-electron chi connectivity index (χ0n) is 13.1. The Balaban J connectivity index is 1.63. The van der Waals surface area contributed by atoms with E-state index >= 15 is 0 Å². The van der Waals surface area contributed by atoms with Crippen LogP contribution in [0.15, 0.2) is 18.2 Å². The molecule has 110 valence electrons. The van der Waals surface area contributed by atoms with Crippen LogP contribution in [0.5, 0.6) is 5.75 Å². The summed E-state index contributed by atoms with van der Waals surface area (Å²) >= 11 is 0. The Morgan fingerprint density at radius 1 is 1.25 bits per heavy atom. The first-order valence-electron chi connectivity index (χ1n) is 8.04. The molecule has 0 spiro atoms. The van der Waals surface area contributed by atoms with Gasteiger partial charge < -0.3 is 10.1 Å². The van der Waals surface area contributed by atoms with Gasteiger partial charge in [-0.15, -0.1) is 0 Å². The minimum atomic E-state index is -0.0446. The number of hydrogen-bond acceptors (Lipinski definition) is 2. The van der Waals surface area contributed by atoms with Crippen LogP contribution < -0.4 is 10.1 Å². The molecule has 1 N–H and O–H groups in total. The molecule has 1 aromatic carbocycles. The highest BCUT2D eigenvalue weighted by atomic mass is 16.5. The maximum atomic E-state index is 6.13. The van der Waals surface area contributed by atoms with Gasteiger partial charge in [0, 0.05) is 25.1 Å². The molecule has 2 aliphatic rings. The van der Waals surface area contributed by atoms with E-state index in [4.69, 9.17) is 4.74 Å². The standard InChI is InChI=1S/C18H27NO/c1-4-18(9-6-10-18)13-19-12-15-8-5-7-14-11-17(2,3)20-16(14)15/h5,7-8,19H,4,6,9-13H2,1-3H3. The maximum absolute atomic E-state index is 6.13. The molecule has 3 rings (SSSR count). The van der Waals surface area contributed by atoms with Gasteiger partial charge in [-0.05, 0) is 44.1 Å². The van der Waals surface area contributed by atoms with E-state index in [-0.39, 0.29) is 5.60 Å². The van der Waals surface area contributed by atoms with E-state index in [1.54, 1.807) is 0 Å². The first kappa shape index (κ1) is 13.9. The summed E-state index contributed by atoms with van der Waals surface area (Å²) in [6.07, 6.45) is 6.53. The van der Waals surface area contributed by atoms with Gasteiger partial charge in [-0.25, -0.2) is 0 Å². The van der Waals surface area contributed by atoms with Crippen LogP contribution in [0.3, 0.4) is 0 Å². The quantitative estimate of drug-likeness (QED) is 0.873. The normalized spacial score (nSPS) is 21.9. The van der Waals surface area contributed by atoms with Crippen LogP contribution in [0.1, 0.15) is 57.6 Å². The maximum Gasteiger partial charge on any atom is 0.127 e. The summed E-state index contributed by atoms with van der Waals surface area (Å²) in [7, 11) is 0. The second-order valence-corrected chi connectivity index (χ2v) is 7.25. The van der Waals surface area contributed by atoms with E-state index in [0.717, 1.165) is 25.3 Å². The lowest BCUT2D eigenvalue weighted by molar-refractivity contribution is 0.122. The second-order valence-electron chi connectivity index (χ2n) is 7.25. The second kappa shape index (κ2) is 5.07. The van der Waals surface area contributed by atoms with Gasteiger partial charge >= 0.3 is 0 Å². The number of para-hydroxylation sites is 1. The molecule has 0 unspecified atom stereocenters. The fraction of sp³-hybridized carbons (Fsp3) is 0.667. The van der Waals surface area contributed by atoms with Crippen molar-refractivity contribution in [2.45, 2.75) is 65.0 Å². The van der Waals surface area contributed by atoms with Crippen LogP contribution in [0.2, 0.25) is 0 Å². The van der Waals surface area contributed by atoms with Crippen molar-refractivity contribution in [3.63, 3.8) is 0 Å². The van der Waals surface area contributed by atoms with E-state index in [9.17, 15) is 0 Å². The third-order valence-electron chi connectivity index (χ3n) is 5.15. The summed E-state index contributed by atoms with van der Waals surface area (Å²) in [5, 5.41) is 3.67. The van der Waals surface area contributed by atoms with E-state index in [2.05, 4.69) is 44.3 Å². The number of fused-ring (bicyclic) bond motifs is 1. The number of hydrogen-bond donors (Lipinski definition) is 1. The number of nitrogens with one attached hydrogen (secondary N) is 1. The molecule has 0 aromatic heterocycles. The SMILES string of the molecule is CCC1(CNCc2cccc3c2OC(C)(C)C3)CCC1. The number of ether oxygens (including phenoxy) is 1. The lowest BCUT2D eigenvalue weighted by Crippen LogP contribution is -2.39. The molecular formula is C18H27NO. The first-order valence-corrected chi connectivity index (χ1v) is 8.04. The van der Waals surface area contributed by atoms with Gasteiger partial charge in [-0.3, -0.25) is 0 Å². The summed E-state index contributed by atoms with van der Waals surface area (Å²) in [5.74, 6) is 1.13. The van der Waals surface area contributed by atoms with Crippen LogP contribution in [0.25, 0.3) is 0 Å². The largest absolute Gasteiger partial charge is 0.487 e. The topological polar surface area (TPSA) is 21.3 Å². The Kier molecular flexibility index (Phi) is 3.53. The van der Waals surface area contributed by atoms with Crippen molar-refractivity contribution in [2.75, 3.05) is 6.54 Å². The average Bonchev–Trinajstić information content (AvgIpc) is 2.67. The van der Waals surface area contributed by atoms with E-state index in [1.807, 2.05) is 0 Å². The predicted octanol–water partition coefficient (Wildman–Crippen LogP) is 4.07. The van der Waals surface area contributed by atoms with E-state index in [0.29, 0.717) is 5.41 Å². The zero-order valence-corrected chi connectivity index (χ0v) is 13.1. The molecule has 1 aliphatic carbocycles. The summed E-state index contributed by atoms with van der Waals surface area (Å²) in [6, 6.07) is 6.57. The highest BCUT2D eigenvalue weighted by Crippen LogP contribution is 2.43. The predicted molar refractivity (Wildman–Crippen MR) is 83.1 cm³/mol. The molecule has 1 aliphatic heterocycles. The molecule has 20 heavy (non-hydrogen) atoms. The highest BCUT2D eigenvalue weighted by Gasteiger charge is 2.35. The fourth-order valence-corrected chi connectivity index (χ4v) is 3.61. The van der Waals surface area contributed by atoms with Crippen LogP contribution in [-0.4, -0.2) is 12.1 Å². The van der Waals surface area contributed by atoms with Crippen LogP contribution in [-0.2, 0) is 13.0 Å². The molecule has 1 saturated carbocycles. The molecule has 0 bridgehead atoms. The highest BCUT2D eigenvalue weighted by molar-refractivity contribution is 5.45. The van der Waals surface area contributed by atoms with Gasteiger partial charge in [-0.1, -0.05) is 31.5 Å². The van der Waals surface area contributed by atoms with Crippen molar-refractivity contribution < 1.29 is 4.74 Å². The molecule has 0 saturated heterocycles. The fourth-order valence-electron chi connectivity index (χ4n) is 3.61. The minimum Gasteiger partial charge on any atom is -0.487 e. The number of benzene rings is 1. The summed E-state index contributed by atoms with van der Waals surface area (Å²) in [6.45, 7) is 8.75. The minimum absolute atomic E-state index is 0.0446. The average molecular weight is 273 g/mol. The van der Waals surface area contributed by atoms with Crippen molar-refractivity contribution in [1.29, 1.82) is 0 Å². The monoisotopic (exact) mass is 273 g/mol. The summed E-state index contributed by atoms with van der Waals surface area (Å²) < 4.78 is 6.13. The molecule has 0 atom stereocenters. The van der Waals surface area contributed by atoms with Gasteiger partial charge in [0.05, 0.1) is 0 Å². The third-order valence-corrected chi connectivity index (χ3v) is 5.15. The van der Waals surface area contributed by atoms with Crippen molar-refractivity contribution in [3.05, 3.63) is 29.3 Å². The molecular weight excluding hydrogens is 246 g/mol. The molecule has 1 fully saturated rings. The Morgan fingerprint density at radius 3 is 2.70 bits per heavy atom. The summed E-state index contributed by atoms with van der Waals surface area (Å²) in [5.41, 5.74) is 3.22. The van der Waals surface area contributed by atoms with Crippen molar-refractivity contribution in [3.8, 4) is 5.75 Å². The molecule has 0 amide bonds. The smallest absolute Gasteiger partial charge is 0.127 e. The van der Waals surface area contributed by atoms with Crippen LogP contribution in [0, 0.1) is 5.41 Å². The summed E-state index contributed by atoms with van der Waals surface area (Å²) in [4.78, 5) is 0. The van der Waals surface area contributed by atoms with Gasteiger partial charge in [0.1, 0.15) is 11.4 Å². The molecule has 2 heteroatoms. The van der Waals surface area contributed by atoms with Crippen LogP contribution >= 0.6 is 0 Å². The van der Waals surface area contributed by atoms with Gasteiger partial charge in [-0.2, -0.15) is 0 Å². The van der Waals surface area contributed by atoms with Crippen molar-refractivity contribution in [2.24, 2.45) is 5.41 Å². The molecule has 1 aromatic rings. The zero-order chi connectivity index (χ0) is 14.2. The van der Waals surface area contributed by atoms with Crippen molar-refractivity contribution in [1.82, 2.24) is 5.32 Å². The molecule has 0 radical (unpaired) electrons. The van der Waals surface area contributed by atoms with Crippen LogP contribution in [0.4, 0.5) is 0 Å². The van der Waals surface area contributed by atoms with E-state index in [1.165, 1.54) is 36.8 Å².